The molecule has 0 radical (unpaired) electrons. The molecule has 0 aliphatic heterocycles. The first-order chi connectivity index (χ1) is 9.04. The van der Waals surface area contributed by atoms with E-state index in [0.717, 1.165) is 31.2 Å². The largest absolute Gasteiger partial charge is 0.352 e. The van der Waals surface area contributed by atoms with Gasteiger partial charge in [-0.3, -0.25) is 4.79 Å². The molecule has 1 N–H and O–H groups in total. The zero-order valence-corrected chi connectivity index (χ0v) is 12.6. The summed E-state index contributed by atoms with van der Waals surface area (Å²) in [6, 6.07) is 5.40. The first-order valence-electron chi connectivity index (χ1n) is 6.74. The van der Waals surface area contributed by atoms with Crippen LogP contribution < -0.4 is 5.32 Å². The molecule has 0 bridgehead atoms. The molecule has 2 unspecified atom stereocenters. The predicted molar refractivity (Wildman–Crippen MR) is 80.1 cm³/mol. The van der Waals surface area contributed by atoms with Crippen molar-refractivity contribution >= 4 is 29.1 Å². The van der Waals surface area contributed by atoms with Gasteiger partial charge < -0.3 is 5.32 Å². The molecule has 0 aromatic heterocycles. The topological polar surface area (TPSA) is 29.1 Å². The quantitative estimate of drug-likeness (QED) is 0.834. The second-order valence-corrected chi connectivity index (χ2v) is 6.41. The first kappa shape index (κ1) is 14.7. The van der Waals surface area contributed by atoms with Gasteiger partial charge in [0.05, 0.1) is 0 Å². The van der Waals surface area contributed by atoms with Gasteiger partial charge in [-0.15, -0.1) is 11.6 Å². The number of amides is 1. The van der Waals surface area contributed by atoms with Crippen LogP contribution in [0.15, 0.2) is 18.2 Å². The monoisotopic (exact) mass is 299 g/mol. The summed E-state index contributed by atoms with van der Waals surface area (Å²) in [6.45, 7) is 2.63. The Morgan fingerprint density at radius 1 is 1.37 bits per heavy atom. The number of hydrogen-bond acceptors (Lipinski definition) is 1. The van der Waals surface area contributed by atoms with Crippen LogP contribution in [0.25, 0.3) is 0 Å². The van der Waals surface area contributed by atoms with Crippen molar-refractivity contribution in [3.8, 4) is 0 Å². The van der Waals surface area contributed by atoms with Gasteiger partial charge in [-0.25, -0.2) is 0 Å². The third-order valence-corrected chi connectivity index (χ3v) is 4.19. The molecule has 0 saturated heterocycles. The molecule has 1 aromatic carbocycles. The molecule has 0 heterocycles. The number of halogens is 2. The number of benzene rings is 1. The maximum atomic E-state index is 12.1. The molecule has 2 rings (SSSR count). The van der Waals surface area contributed by atoms with Crippen LogP contribution in [0.4, 0.5) is 0 Å². The second-order valence-electron chi connectivity index (χ2n) is 5.36. The van der Waals surface area contributed by atoms with E-state index in [2.05, 4.69) is 5.32 Å². The van der Waals surface area contributed by atoms with Crippen LogP contribution >= 0.6 is 23.2 Å². The van der Waals surface area contributed by atoms with Crippen LogP contribution in [0.1, 0.15) is 41.6 Å². The molecule has 104 valence electrons. The summed E-state index contributed by atoms with van der Waals surface area (Å²) in [5.74, 6) is 0.447. The molecule has 0 spiro atoms. The van der Waals surface area contributed by atoms with Gasteiger partial charge in [-0.1, -0.05) is 18.0 Å². The lowest BCUT2D eigenvalue weighted by Gasteiger charge is -2.25. The van der Waals surface area contributed by atoms with E-state index in [1.807, 2.05) is 19.1 Å². The molecular weight excluding hydrogens is 281 g/mol. The Bertz CT molecular complexity index is 441. The third kappa shape index (κ3) is 4.39. The summed E-state index contributed by atoms with van der Waals surface area (Å²) in [5, 5.41) is 3.86. The third-order valence-electron chi connectivity index (χ3n) is 3.57. The van der Waals surface area contributed by atoms with Gasteiger partial charge >= 0.3 is 0 Å². The zero-order valence-electron chi connectivity index (χ0n) is 11.1. The summed E-state index contributed by atoms with van der Waals surface area (Å²) in [6.07, 6.45) is 4.40. The average Bonchev–Trinajstić information content (AvgIpc) is 2.35. The fraction of sp³-hybridized carbons (Fsp3) is 0.533. The van der Waals surface area contributed by atoms with Crippen molar-refractivity contribution in [3.05, 3.63) is 34.3 Å². The summed E-state index contributed by atoms with van der Waals surface area (Å²) in [7, 11) is 0. The molecule has 2 nitrogen and oxygen atoms in total. The number of carbonyl (C=O) groups is 1. The van der Waals surface area contributed by atoms with Crippen molar-refractivity contribution in [2.75, 3.05) is 6.54 Å². The molecule has 4 heteroatoms. The molecule has 1 fully saturated rings. The molecule has 2 atom stereocenters. The van der Waals surface area contributed by atoms with Crippen molar-refractivity contribution in [2.45, 2.75) is 38.0 Å². The highest BCUT2D eigenvalue weighted by atomic mass is 35.5. The van der Waals surface area contributed by atoms with Crippen molar-refractivity contribution in [2.24, 2.45) is 5.92 Å². The van der Waals surface area contributed by atoms with E-state index < -0.39 is 0 Å². The summed E-state index contributed by atoms with van der Waals surface area (Å²) in [5.41, 5.74) is 1.62. The fourth-order valence-corrected chi connectivity index (χ4v) is 3.31. The minimum Gasteiger partial charge on any atom is -0.352 e. The zero-order chi connectivity index (χ0) is 13.8. The Labute approximate surface area is 124 Å². The van der Waals surface area contributed by atoms with Crippen LogP contribution in [-0.2, 0) is 0 Å². The first-order valence-corrected chi connectivity index (χ1v) is 7.55. The van der Waals surface area contributed by atoms with Crippen molar-refractivity contribution in [3.63, 3.8) is 0 Å². The van der Waals surface area contributed by atoms with E-state index in [4.69, 9.17) is 23.2 Å². The van der Waals surface area contributed by atoms with Gasteiger partial charge in [0.15, 0.2) is 0 Å². The highest BCUT2D eigenvalue weighted by Crippen LogP contribution is 2.27. The summed E-state index contributed by atoms with van der Waals surface area (Å²) in [4.78, 5) is 12.1. The molecular formula is C15H19Cl2NO. The van der Waals surface area contributed by atoms with Crippen LogP contribution in [0.2, 0.25) is 5.02 Å². The lowest BCUT2D eigenvalue weighted by atomic mass is 9.89. The van der Waals surface area contributed by atoms with E-state index in [-0.39, 0.29) is 11.3 Å². The van der Waals surface area contributed by atoms with Gasteiger partial charge in [0.1, 0.15) is 0 Å². The minimum absolute atomic E-state index is 0.0534. The second kappa shape index (κ2) is 6.62. The van der Waals surface area contributed by atoms with Crippen molar-refractivity contribution in [1.82, 2.24) is 5.32 Å². The highest BCUT2D eigenvalue weighted by Gasteiger charge is 2.20. The van der Waals surface area contributed by atoms with Gasteiger partial charge in [-0.2, -0.15) is 0 Å². The average molecular weight is 300 g/mol. The van der Waals surface area contributed by atoms with Crippen LogP contribution in [-0.4, -0.2) is 17.8 Å². The number of hydrogen-bond donors (Lipinski definition) is 1. The predicted octanol–water partition coefficient (Wildman–Crippen LogP) is 4.18. The Hall–Kier alpha value is -0.730. The smallest absolute Gasteiger partial charge is 0.251 e. The fourth-order valence-electron chi connectivity index (χ4n) is 2.62. The number of alkyl halides is 1. The maximum absolute atomic E-state index is 12.1. The van der Waals surface area contributed by atoms with E-state index in [1.165, 1.54) is 0 Å². The minimum atomic E-state index is -0.0534. The number of aryl methyl sites for hydroxylation is 1. The summed E-state index contributed by atoms with van der Waals surface area (Å²) < 4.78 is 0. The van der Waals surface area contributed by atoms with E-state index in [0.29, 0.717) is 23.0 Å². The SMILES string of the molecule is Cc1cc(Cl)cc(C(=O)NCC2CCCC(Cl)C2)c1. The Morgan fingerprint density at radius 2 is 2.16 bits per heavy atom. The molecule has 19 heavy (non-hydrogen) atoms. The number of rotatable bonds is 3. The van der Waals surface area contributed by atoms with Gasteiger partial charge in [0.2, 0.25) is 0 Å². The van der Waals surface area contributed by atoms with Gasteiger partial charge in [0, 0.05) is 22.5 Å². The van der Waals surface area contributed by atoms with Gasteiger partial charge in [-0.05, 0) is 55.9 Å². The lowest BCUT2D eigenvalue weighted by molar-refractivity contribution is 0.0943. The molecule has 1 aliphatic rings. The van der Waals surface area contributed by atoms with Crippen LogP contribution in [0, 0.1) is 12.8 Å². The van der Waals surface area contributed by atoms with E-state index >= 15 is 0 Å². The molecule has 1 aromatic rings. The Kier molecular flexibility index (Phi) is 5.12. The molecule has 1 amide bonds. The normalized spacial score (nSPS) is 23.1. The number of nitrogens with one attached hydrogen (secondary N) is 1. The lowest BCUT2D eigenvalue weighted by Crippen LogP contribution is -2.32. The van der Waals surface area contributed by atoms with E-state index in [1.54, 1.807) is 6.07 Å². The molecule has 1 aliphatic carbocycles. The number of carbonyl (C=O) groups excluding carboxylic acids is 1. The maximum Gasteiger partial charge on any atom is 0.251 e. The standard InChI is InChI=1S/C15H19Cl2NO/c1-10-5-12(8-14(17)6-10)15(19)18-9-11-3-2-4-13(16)7-11/h5-6,8,11,13H,2-4,7,9H2,1H3,(H,18,19). The van der Waals surface area contributed by atoms with Gasteiger partial charge in [0.25, 0.3) is 5.91 Å². The Balaban J connectivity index is 1.90. The molecule has 1 saturated carbocycles. The van der Waals surface area contributed by atoms with E-state index in [9.17, 15) is 4.79 Å². The Morgan fingerprint density at radius 3 is 2.84 bits per heavy atom. The van der Waals surface area contributed by atoms with Crippen molar-refractivity contribution < 1.29 is 4.79 Å². The van der Waals surface area contributed by atoms with Crippen molar-refractivity contribution in [1.29, 1.82) is 0 Å². The van der Waals surface area contributed by atoms with Crippen LogP contribution in [0.5, 0.6) is 0 Å². The summed E-state index contributed by atoms with van der Waals surface area (Å²) >= 11 is 12.1. The van der Waals surface area contributed by atoms with Crippen LogP contribution in [0.3, 0.4) is 0 Å². The highest BCUT2D eigenvalue weighted by molar-refractivity contribution is 6.31.